The first kappa shape index (κ1) is 38.2. The fourth-order valence-electron chi connectivity index (χ4n) is 5.41. The number of halogens is 2. The maximum absolute atomic E-state index is 14.3. The molecule has 1 heterocycles. The molecule has 0 aliphatic carbocycles. The summed E-state index contributed by atoms with van der Waals surface area (Å²) in [6.45, 7) is 5.21. The van der Waals surface area contributed by atoms with Crippen LogP contribution in [0, 0.1) is 17.6 Å². The molecule has 1 aliphatic heterocycles. The summed E-state index contributed by atoms with van der Waals surface area (Å²) in [7, 11) is -6.73. The minimum atomic E-state index is -4.14. The van der Waals surface area contributed by atoms with Gasteiger partial charge in [-0.3, -0.25) is 9.52 Å². The molecule has 4 rings (SSSR count). The highest BCUT2D eigenvalue weighted by Crippen LogP contribution is 2.30. The minimum Gasteiger partial charge on any atom is -0.490 e. The Morgan fingerprint density at radius 2 is 1.57 bits per heavy atom. The number of ether oxygens (including phenoxy) is 2. The van der Waals surface area contributed by atoms with E-state index in [2.05, 4.69) is 4.72 Å². The van der Waals surface area contributed by atoms with Crippen molar-refractivity contribution >= 4 is 31.6 Å². The molecule has 49 heavy (non-hydrogen) atoms. The predicted molar refractivity (Wildman–Crippen MR) is 180 cm³/mol. The van der Waals surface area contributed by atoms with Gasteiger partial charge in [-0.1, -0.05) is 6.92 Å². The molecule has 0 saturated heterocycles. The van der Waals surface area contributed by atoms with E-state index in [0.717, 1.165) is 40.7 Å². The summed E-state index contributed by atoms with van der Waals surface area (Å²) in [5.41, 5.74) is 0.108. The van der Waals surface area contributed by atoms with E-state index in [-0.39, 0.29) is 46.0 Å². The number of benzene rings is 3. The summed E-state index contributed by atoms with van der Waals surface area (Å²) < 4.78 is 95.8. The summed E-state index contributed by atoms with van der Waals surface area (Å²) in [5.74, 6) is -1.94. The molecule has 3 aromatic rings. The largest absolute Gasteiger partial charge is 0.490 e. The number of carbonyl (C=O) groups excluding carboxylic acids is 1. The summed E-state index contributed by atoms with van der Waals surface area (Å²) in [4.78, 5) is 15.5. The highest BCUT2D eigenvalue weighted by Gasteiger charge is 2.32. The van der Waals surface area contributed by atoms with E-state index in [0.29, 0.717) is 25.9 Å². The van der Waals surface area contributed by atoms with Crippen molar-refractivity contribution in [1.82, 2.24) is 9.21 Å². The predicted octanol–water partition coefficient (Wildman–Crippen LogP) is 4.88. The van der Waals surface area contributed by atoms with E-state index in [1.165, 1.54) is 42.3 Å². The number of aliphatic hydroxyl groups excluding tert-OH is 1. The van der Waals surface area contributed by atoms with Crippen molar-refractivity contribution in [3.05, 3.63) is 83.9 Å². The van der Waals surface area contributed by atoms with E-state index in [1.54, 1.807) is 6.92 Å². The van der Waals surface area contributed by atoms with Crippen LogP contribution in [0.25, 0.3) is 0 Å². The van der Waals surface area contributed by atoms with Gasteiger partial charge in [-0.25, -0.2) is 25.6 Å². The lowest BCUT2D eigenvalue weighted by atomic mass is 10.0. The van der Waals surface area contributed by atoms with E-state index >= 15 is 0 Å². The molecule has 11 nitrogen and oxygen atoms in total. The fraction of sp³-hybridized carbons (Fsp3) is 0.441. The molecule has 15 heteroatoms. The van der Waals surface area contributed by atoms with Crippen molar-refractivity contribution < 1.29 is 45.0 Å². The van der Waals surface area contributed by atoms with Gasteiger partial charge in [0.25, 0.3) is 15.9 Å². The number of anilines is 1. The zero-order valence-electron chi connectivity index (χ0n) is 27.9. The van der Waals surface area contributed by atoms with Crippen LogP contribution in [0.4, 0.5) is 14.5 Å². The molecule has 2 N–H and O–H groups in total. The van der Waals surface area contributed by atoms with Crippen molar-refractivity contribution in [2.75, 3.05) is 38.1 Å². The molecule has 0 fully saturated rings. The number of hydrogen-bond donors (Lipinski definition) is 2. The molecule has 0 bridgehead atoms. The number of hydrogen-bond acceptors (Lipinski definition) is 8. The van der Waals surface area contributed by atoms with Crippen LogP contribution < -0.4 is 9.46 Å². The van der Waals surface area contributed by atoms with Crippen molar-refractivity contribution in [2.24, 2.45) is 5.92 Å². The SMILES string of the molecule is C[C@H](CO)N1C[C@H](C)[C@H](CN(C)S(=O)(=O)c2ccc(F)cc2)OCCCC[C@H](C)Oc2ccc(NS(=O)(=O)c3ccc(F)cc3)cc2C1=O. The molecule has 1 amide bonds. The second-order valence-corrected chi connectivity index (χ2v) is 16.0. The van der Waals surface area contributed by atoms with Gasteiger partial charge in [-0.2, -0.15) is 4.31 Å². The standard InChI is InChI=1S/C34H43F2N3O8S2/c1-23-20-39(24(2)22-40)34(41)31-19-28(37-48(42,43)29-13-8-26(35)9-14-29)12-17-32(31)47-25(3)7-5-6-18-46-33(23)21-38(4)49(44,45)30-15-10-27(36)11-16-30/h8-17,19,23-25,33,37,40H,5-7,18,20-22H2,1-4H3/t23-,24+,25-,33-/m0/s1. The molecule has 0 saturated carbocycles. The first-order valence-electron chi connectivity index (χ1n) is 16.0. The van der Waals surface area contributed by atoms with Crippen LogP contribution in [0.5, 0.6) is 5.75 Å². The van der Waals surface area contributed by atoms with Gasteiger partial charge in [0.15, 0.2) is 0 Å². The number of nitrogens with zero attached hydrogens (tertiary/aromatic N) is 2. The maximum Gasteiger partial charge on any atom is 0.261 e. The van der Waals surface area contributed by atoms with Gasteiger partial charge in [-0.05, 0) is 99.8 Å². The lowest BCUT2D eigenvalue weighted by Gasteiger charge is -2.35. The quantitative estimate of drug-likeness (QED) is 0.318. The second-order valence-electron chi connectivity index (χ2n) is 12.3. The molecule has 268 valence electrons. The smallest absolute Gasteiger partial charge is 0.261 e. The summed E-state index contributed by atoms with van der Waals surface area (Å²) in [5, 5.41) is 10.2. The number of fused-ring (bicyclic) bond motifs is 1. The molecule has 3 aromatic carbocycles. The van der Waals surface area contributed by atoms with Gasteiger partial charge in [0.05, 0.1) is 40.2 Å². The normalized spacial score (nSPS) is 20.6. The lowest BCUT2D eigenvalue weighted by Crippen LogP contribution is -2.48. The summed E-state index contributed by atoms with van der Waals surface area (Å²) >= 11 is 0. The summed E-state index contributed by atoms with van der Waals surface area (Å²) in [6.07, 6.45) is 0.954. The van der Waals surface area contributed by atoms with Crippen LogP contribution >= 0.6 is 0 Å². The molecule has 0 aromatic heterocycles. The number of amides is 1. The van der Waals surface area contributed by atoms with Crippen LogP contribution in [0.3, 0.4) is 0 Å². The average Bonchev–Trinajstić information content (AvgIpc) is 3.06. The number of aliphatic hydroxyl groups is 1. The Kier molecular flexibility index (Phi) is 12.8. The molecular formula is C34H43F2N3O8S2. The Morgan fingerprint density at radius 3 is 2.18 bits per heavy atom. The highest BCUT2D eigenvalue weighted by atomic mass is 32.2. The Hall–Kier alpha value is -3.63. The summed E-state index contributed by atoms with van der Waals surface area (Å²) in [6, 6.07) is 12.5. The van der Waals surface area contributed by atoms with Gasteiger partial charge in [0, 0.05) is 38.3 Å². The Balaban J connectivity index is 1.67. The van der Waals surface area contributed by atoms with E-state index < -0.39 is 62.3 Å². The monoisotopic (exact) mass is 723 g/mol. The lowest BCUT2D eigenvalue weighted by molar-refractivity contribution is -0.00834. The van der Waals surface area contributed by atoms with Crippen LogP contribution in [0.1, 0.15) is 50.4 Å². The van der Waals surface area contributed by atoms with Crippen molar-refractivity contribution in [2.45, 2.75) is 68.1 Å². The third-order valence-corrected chi connectivity index (χ3v) is 11.6. The number of sulfonamides is 2. The average molecular weight is 724 g/mol. The molecule has 0 unspecified atom stereocenters. The number of likely N-dealkylation sites (N-methyl/N-ethyl adjacent to an activating group) is 1. The first-order chi connectivity index (χ1) is 23.1. The number of carbonyl (C=O) groups is 1. The van der Waals surface area contributed by atoms with E-state index in [4.69, 9.17) is 9.47 Å². The third kappa shape index (κ3) is 9.75. The number of rotatable bonds is 9. The van der Waals surface area contributed by atoms with Crippen LogP contribution in [0.15, 0.2) is 76.5 Å². The molecule has 0 spiro atoms. The Morgan fingerprint density at radius 1 is 0.959 bits per heavy atom. The minimum absolute atomic E-state index is 0.0379. The van der Waals surface area contributed by atoms with Crippen LogP contribution in [-0.4, -0.2) is 88.7 Å². The second kappa shape index (κ2) is 16.4. The third-order valence-electron chi connectivity index (χ3n) is 8.39. The maximum atomic E-state index is 14.3. The molecule has 4 atom stereocenters. The highest BCUT2D eigenvalue weighted by molar-refractivity contribution is 7.92. The van der Waals surface area contributed by atoms with Crippen molar-refractivity contribution in [3.8, 4) is 5.75 Å². The zero-order valence-corrected chi connectivity index (χ0v) is 29.5. The van der Waals surface area contributed by atoms with Gasteiger partial charge in [-0.15, -0.1) is 0 Å². The van der Waals surface area contributed by atoms with Crippen molar-refractivity contribution in [3.63, 3.8) is 0 Å². The fourth-order valence-corrected chi connectivity index (χ4v) is 7.65. The Labute approximate surface area is 286 Å². The molecule has 0 radical (unpaired) electrons. The zero-order chi connectivity index (χ0) is 35.9. The molecular weight excluding hydrogens is 681 g/mol. The Bertz CT molecular complexity index is 1790. The van der Waals surface area contributed by atoms with E-state index in [1.807, 2.05) is 13.8 Å². The van der Waals surface area contributed by atoms with Crippen LogP contribution in [0.2, 0.25) is 0 Å². The first-order valence-corrected chi connectivity index (χ1v) is 18.9. The van der Waals surface area contributed by atoms with E-state index in [9.17, 15) is 35.5 Å². The van der Waals surface area contributed by atoms with Crippen molar-refractivity contribution in [1.29, 1.82) is 0 Å². The molecule has 1 aliphatic rings. The number of nitrogens with one attached hydrogen (secondary N) is 1. The van der Waals surface area contributed by atoms with Crippen LogP contribution in [-0.2, 0) is 24.8 Å². The van der Waals surface area contributed by atoms with Gasteiger partial charge in [0.2, 0.25) is 10.0 Å². The van der Waals surface area contributed by atoms with Gasteiger partial charge in [0.1, 0.15) is 17.4 Å². The van der Waals surface area contributed by atoms with Gasteiger partial charge >= 0.3 is 0 Å². The topological polar surface area (TPSA) is 143 Å². The van der Waals surface area contributed by atoms with Gasteiger partial charge < -0.3 is 19.5 Å².